The fraction of sp³-hybridized carbons (Fsp3) is 0.261. The van der Waals surface area contributed by atoms with Crippen LogP contribution in [0.2, 0.25) is 0 Å². The maximum atomic E-state index is 12.9. The van der Waals surface area contributed by atoms with Crippen molar-refractivity contribution in [2.24, 2.45) is 4.99 Å². The van der Waals surface area contributed by atoms with Gasteiger partial charge in [0, 0.05) is 12.1 Å². The van der Waals surface area contributed by atoms with Crippen molar-refractivity contribution in [2.75, 3.05) is 19.8 Å². The van der Waals surface area contributed by atoms with Crippen LogP contribution in [0.25, 0.3) is 6.08 Å². The summed E-state index contributed by atoms with van der Waals surface area (Å²) >= 11 is 1.31. The molecule has 2 aromatic rings. The van der Waals surface area contributed by atoms with Gasteiger partial charge in [0.25, 0.3) is 5.91 Å². The predicted molar refractivity (Wildman–Crippen MR) is 120 cm³/mol. The molecule has 1 saturated heterocycles. The summed E-state index contributed by atoms with van der Waals surface area (Å²) < 4.78 is 10.7. The highest BCUT2D eigenvalue weighted by Crippen LogP contribution is 2.35. The third kappa shape index (κ3) is 4.91. The van der Waals surface area contributed by atoms with Crippen LogP contribution in [0.15, 0.2) is 58.4 Å². The minimum Gasteiger partial charge on any atom is -0.493 e. The Morgan fingerprint density at radius 1 is 1.10 bits per heavy atom. The molecule has 0 aromatic heterocycles. The summed E-state index contributed by atoms with van der Waals surface area (Å²) in [5, 5.41) is 0.573. The topological polar surface area (TPSA) is 68.2 Å². The lowest BCUT2D eigenvalue weighted by Gasteiger charge is -2.12. The first-order valence-corrected chi connectivity index (χ1v) is 10.7. The number of ether oxygens (including phenoxy) is 2. The molecule has 0 atom stereocenters. The lowest BCUT2D eigenvalue weighted by Crippen LogP contribution is -2.28. The molecule has 2 aromatic carbocycles. The number of para-hydroxylation sites is 1. The third-order valence-corrected chi connectivity index (χ3v) is 5.30. The van der Waals surface area contributed by atoms with Gasteiger partial charge in [-0.1, -0.05) is 24.3 Å². The number of nitrogens with zero attached hydrogens (tertiary/aromatic N) is 2. The van der Waals surface area contributed by atoms with Crippen LogP contribution in [0.4, 0.5) is 5.69 Å². The largest absolute Gasteiger partial charge is 0.493 e. The predicted octanol–water partition coefficient (Wildman–Crippen LogP) is 4.89. The number of likely N-dealkylation sites (N-methyl/N-ethyl adjacent to an activating group) is 1. The van der Waals surface area contributed by atoms with Gasteiger partial charge in [0.15, 0.2) is 5.17 Å². The molecule has 0 spiro atoms. The molecule has 0 aliphatic carbocycles. The highest BCUT2D eigenvalue weighted by atomic mass is 32.2. The molecule has 30 heavy (non-hydrogen) atoms. The molecule has 6 nitrogen and oxygen atoms in total. The van der Waals surface area contributed by atoms with Crippen molar-refractivity contribution in [3.05, 3.63) is 64.6 Å². The van der Waals surface area contributed by atoms with E-state index in [1.807, 2.05) is 44.2 Å². The molecule has 1 heterocycles. The van der Waals surface area contributed by atoms with Gasteiger partial charge in [-0.2, -0.15) is 0 Å². The van der Waals surface area contributed by atoms with Crippen LogP contribution in [0.5, 0.6) is 5.75 Å². The minimum atomic E-state index is -0.393. The molecule has 0 N–H and O–H groups in total. The van der Waals surface area contributed by atoms with E-state index >= 15 is 0 Å². The standard InChI is InChI=1S/C23H24N2O4S/c1-4-25-21(26)20(15-16-10-7-8-13-19(16)28-5-2)30-23(25)24-18-12-9-11-17(14-18)22(27)29-6-3/h7-15H,4-6H2,1-3H3. The molecule has 156 valence electrons. The van der Waals surface area contributed by atoms with Crippen molar-refractivity contribution in [3.63, 3.8) is 0 Å². The van der Waals surface area contributed by atoms with Crippen molar-refractivity contribution >= 4 is 40.6 Å². The van der Waals surface area contributed by atoms with E-state index in [2.05, 4.69) is 4.99 Å². The van der Waals surface area contributed by atoms with Crippen molar-refractivity contribution < 1.29 is 19.1 Å². The van der Waals surface area contributed by atoms with Crippen LogP contribution in [-0.4, -0.2) is 41.7 Å². The number of amidine groups is 1. The smallest absolute Gasteiger partial charge is 0.338 e. The molecular formula is C23H24N2O4S. The highest BCUT2D eigenvalue weighted by molar-refractivity contribution is 8.18. The van der Waals surface area contributed by atoms with E-state index in [0.717, 1.165) is 11.3 Å². The lowest BCUT2D eigenvalue weighted by atomic mass is 10.2. The van der Waals surface area contributed by atoms with Gasteiger partial charge < -0.3 is 9.47 Å². The Morgan fingerprint density at radius 2 is 1.90 bits per heavy atom. The molecule has 3 rings (SSSR count). The molecule has 1 fully saturated rings. The number of carbonyl (C=O) groups is 2. The van der Waals surface area contributed by atoms with Gasteiger partial charge in [-0.15, -0.1) is 0 Å². The Morgan fingerprint density at radius 3 is 2.63 bits per heavy atom. The van der Waals surface area contributed by atoms with Gasteiger partial charge in [-0.05, 0) is 62.9 Å². The first kappa shape index (κ1) is 21.6. The van der Waals surface area contributed by atoms with Crippen LogP contribution < -0.4 is 4.74 Å². The Labute approximate surface area is 180 Å². The second kappa shape index (κ2) is 10.1. The second-order valence-corrected chi connectivity index (χ2v) is 7.31. The zero-order valence-electron chi connectivity index (χ0n) is 17.3. The summed E-state index contributed by atoms with van der Waals surface area (Å²) in [5.41, 5.74) is 1.86. The molecular weight excluding hydrogens is 400 g/mol. The quantitative estimate of drug-likeness (QED) is 0.468. The van der Waals surface area contributed by atoms with Gasteiger partial charge in [0.2, 0.25) is 0 Å². The van der Waals surface area contributed by atoms with E-state index in [1.165, 1.54) is 11.8 Å². The SMILES string of the molecule is CCOC(=O)c1cccc(N=C2SC(=Cc3ccccc3OCC)C(=O)N2CC)c1. The van der Waals surface area contributed by atoms with E-state index in [1.54, 1.807) is 36.1 Å². The molecule has 0 radical (unpaired) electrons. The zero-order valence-corrected chi connectivity index (χ0v) is 18.1. The summed E-state index contributed by atoms with van der Waals surface area (Å²) in [4.78, 5) is 31.7. The van der Waals surface area contributed by atoms with Gasteiger partial charge in [0.1, 0.15) is 5.75 Å². The van der Waals surface area contributed by atoms with Crippen molar-refractivity contribution in [2.45, 2.75) is 20.8 Å². The fourth-order valence-corrected chi connectivity index (χ4v) is 3.98. The van der Waals surface area contributed by atoms with Gasteiger partial charge in [-0.3, -0.25) is 9.69 Å². The van der Waals surface area contributed by atoms with E-state index < -0.39 is 5.97 Å². The summed E-state index contributed by atoms with van der Waals surface area (Å²) in [7, 11) is 0. The average Bonchev–Trinajstić information content (AvgIpc) is 3.04. The number of thioether (sulfide) groups is 1. The Kier molecular flexibility index (Phi) is 7.30. The number of hydrogen-bond acceptors (Lipinski definition) is 6. The number of esters is 1. The zero-order chi connectivity index (χ0) is 21.5. The molecule has 7 heteroatoms. The Bertz CT molecular complexity index is 1000. The van der Waals surface area contributed by atoms with Gasteiger partial charge in [0.05, 0.1) is 29.4 Å². The normalized spacial score (nSPS) is 16.4. The summed E-state index contributed by atoms with van der Waals surface area (Å²) in [6, 6.07) is 14.5. The van der Waals surface area contributed by atoms with Gasteiger partial charge >= 0.3 is 5.97 Å². The number of rotatable bonds is 7. The molecule has 1 amide bonds. The van der Waals surface area contributed by atoms with Crippen LogP contribution in [0.3, 0.4) is 0 Å². The number of carbonyl (C=O) groups excluding carboxylic acids is 2. The minimum absolute atomic E-state index is 0.103. The second-order valence-electron chi connectivity index (χ2n) is 6.30. The molecule has 1 aliphatic rings. The Hall–Kier alpha value is -3.06. The van der Waals surface area contributed by atoms with Crippen molar-refractivity contribution in [1.82, 2.24) is 4.90 Å². The summed E-state index contributed by atoms with van der Waals surface area (Å²) in [6.07, 6.45) is 1.83. The van der Waals surface area contributed by atoms with E-state index in [-0.39, 0.29) is 5.91 Å². The average molecular weight is 425 g/mol. The van der Waals surface area contributed by atoms with E-state index in [4.69, 9.17) is 9.47 Å². The summed E-state index contributed by atoms with van der Waals surface area (Å²) in [6.45, 7) is 6.94. The Balaban J connectivity index is 1.92. The number of benzene rings is 2. The first-order chi connectivity index (χ1) is 14.6. The van der Waals surface area contributed by atoms with Gasteiger partial charge in [-0.25, -0.2) is 9.79 Å². The maximum Gasteiger partial charge on any atom is 0.338 e. The first-order valence-electron chi connectivity index (χ1n) is 9.86. The number of aliphatic imine (C=N–C) groups is 1. The molecule has 0 saturated carbocycles. The maximum absolute atomic E-state index is 12.9. The van der Waals surface area contributed by atoms with Crippen molar-refractivity contribution in [3.8, 4) is 5.75 Å². The van der Waals surface area contributed by atoms with E-state index in [9.17, 15) is 9.59 Å². The monoisotopic (exact) mass is 424 g/mol. The van der Waals surface area contributed by atoms with Crippen molar-refractivity contribution in [1.29, 1.82) is 0 Å². The van der Waals surface area contributed by atoms with Crippen LogP contribution in [0, 0.1) is 0 Å². The fourth-order valence-electron chi connectivity index (χ4n) is 2.93. The molecule has 1 aliphatic heterocycles. The van der Waals surface area contributed by atoms with E-state index in [0.29, 0.717) is 41.1 Å². The summed E-state index contributed by atoms with van der Waals surface area (Å²) in [5.74, 6) is 0.237. The molecule has 0 unspecified atom stereocenters. The van der Waals surface area contributed by atoms with Crippen LogP contribution in [0.1, 0.15) is 36.7 Å². The van der Waals surface area contributed by atoms with Crippen LogP contribution in [-0.2, 0) is 9.53 Å². The highest BCUT2D eigenvalue weighted by Gasteiger charge is 2.32. The third-order valence-electron chi connectivity index (χ3n) is 4.29. The number of hydrogen-bond donors (Lipinski definition) is 0. The lowest BCUT2D eigenvalue weighted by molar-refractivity contribution is -0.122. The molecule has 0 bridgehead atoms. The number of amides is 1. The van der Waals surface area contributed by atoms with Crippen LogP contribution >= 0.6 is 11.8 Å².